The molecule has 1 aliphatic carbocycles. The summed E-state index contributed by atoms with van der Waals surface area (Å²) >= 11 is 0. The number of anilines is 2. The monoisotopic (exact) mass is 355 g/mol. The minimum Gasteiger partial charge on any atom is -0.326 e. The number of halogens is 1. The molecule has 0 spiro atoms. The summed E-state index contributed by atoms with van der Waals surface area (Å²) in [6.07, 6.45) is 1.88. The maximum atomic E-state index is 13.1. The van der Waals surface area contributed by atoms with Crippen molar-refractivity contribution >= 4 is 23.3 Å². The molecule has 1 aliphatic rings. The zero-order valence-corrected chi connectivity index (χ0v) is 14.8. The van der Waals surface area contributed by atoms with Crippen LogP contribution in [0, 0.1) is 11.7 Å². The number of carbonyl (C=O) groups excluding carboxylic acids is 2. The lowest BCUT2D eigenvalue weighted by atomic mass is 10.1. The Hall–Kier alpha value is -2.89. The predicted molar refractivity (Wildman–Crippen MR) is 99.4 cm³/mol. The van der Waals surface area contributed by atoms with Crippen molar-refractivity contribution in [3.8, 4) is 0 Å². The van der Waals surface area contributed by atoms with E-state index < -0.39 is 0 Å². The molecule has 1 atom stereocenters. The van der Waals surface area contributed by atoms with Crippen LogP contribution in [-0.2, 0) is 4.79 Å². The standard InChI is InChI=1S/C20H22FN3O2/c1-13(14-8-10-16(21)11-9-14)24(2)20(26)23-18-5-3-4-17(12-18)22-19(25)15-6-7-15/h3-5,8-13,15H,6-7H2,1-2H3,(H,22,25)(H,23,26)/t13-/m1/s1. The molecule has 0 unspecified atom stereocenters. The first-order valence-corrected chi connectivity index (χ1v) is 8.64. The average molecular weight is 355 g/mol. The highest BCUT2D eigenvalue weighted by atomic mass is 19.1. The molecule has 2 aromatic carbocycles. The molecule has 2 N–H and O–H groups in total. The molecule has 0 heterocycles. The van der Waals surface area contributed by atoms with Crippen LogP contribution in [0.25, 0.3) is 0 Å². The van der Waals surface area contributed by atoms with Crippen LogP contribution in [0.15, 0.2) is 48.5 Å². The van der Waals surface area contributed by atoms with E-state index in [0.29, 0.717) is 11.4 Å². The van der Waals surface area contributed by atoms with E-state index in [9.17, 15) is 14.0 Å². The quantitative estimate of drug-likeness (QED) is 0.835. The van der Waals surface area contributed by atoms with Gasteiger partial charge in [0.15, 0.2) is 0 Å². The molecular weight excluding hydrogens is 333 g/mol. The molecule has 6 heteroatoms. The second kappa shape index (κ2) is 7.56. The summed E-state index contributed by atoms with van der Waals surface area (Å²) in [5.74, 6) is -0.162. The molecule has 0 radical (unpaired) electrons. The van der Waals surface area contributed by atoms with Crippen LogP contribution in [0.5, 0.6) is 0 Å². The second-order valence-corrected chi connectivity index (χ2v) is 6.61. The Morgan fingerprint density at radius 3 is 2.31 bits per heavy atom. The van der Waals surface area contributed by atoms with Gasteiger partial charge in [0.1, 0.15) is 5.82 Å². The Bertz CT molecular complexity index is 803. The summed E-state index contributed by atoms with van der Waals surface area (Å²) in [4.78, 5) is 25.9. The topological polar surface area (TPSA) is 61.4 Å². The Morgan fingerprint density at radius 1 is 1.08 bits per heavy atom. The average Bonchev–Trinajstić information content (AvgIpc) is 3.46. The van der Waals surface area contributed by atoms with Gasteiger partial charge >= 0.3 is 6.03 Å². The summed E-state index contributed by atoms with van der Waals surface area (Å²) in [5.41, 5.74) is 2.10. The first-order chi connectivity index (χ1) is 12.4. The van der Waals surface area contributed by atoms with Crippen molar-refractivity contribution in [2.75, 3.05) is 17.7 Å². The molecule has 136 valence electrons. The second-order valence-electron chi connectivity index (χ2n) is 6.61. The van der Waals surface area contributed by atoms with Gasteiger partial charge in [0.25, 0.3) is 0 Å². The van der Waals surface area contributed by atoms with Crippen LogP contribution in [0.1, 0.15) is 31.4 Å². The van der Waals surface area contributed by atoms with Crippen molar-refractivity contribution in [2.24, 2.45) is 5.92 Å². The van der Waals surface area contributed by atoms with Gasteiger partial charge in [-0.2, -0.15) is 0 Å². The van der Waals surface area contributed by atoms with E-state index in [-0.39, 0.29) is 29.7 Å². The maximum Gasteiger partial charge on any atom is 0.322 e. The van der Waals surface area contributed by atoms with E-state index in [2.05, 4.69) is 10.6 Å². The molecule has 0 bridgehead atoms. The number of nitrogens with zero attached hydrogens (tertiary/aromatic N) is 1. The molecule has 5 nitrogen and oxygen atoms in total. The lowest BCUT2D eigenvalue weighted by Gasteiger charge is -2.25. The fourth-order valence-corrected chi connectivity index (χ4v) is 2.62. The largest absolute Gasteiger partial charge is 0.326 e. The van der Waals surface area contributed by atoms with E-state index in [1.165, 1.54) is 12.1 Å². The lowest BCUT2D eigenvalue weighted by Crippen LogP contribution is -2.33. The van der Waals surface area contributed by atoms with Gasteiger partial charge in [-0.15, -0.1) is 0 Å². The third-order valence-corrected chi connectivity index (χ3v) is 4.58. The lowest BCUT2D eigenvalue weighted by molar-refractivity contribution is -0.117. The minimum atomic E-state index is -0.307. The van der Waals surface area contributed by atoms with Gasteiger partial charge < -0.3 is 15.5 Å². The van der Waals surface area contributed by atoms with Crippen LogP contribution in [0.2, 0.25) is 0 Å². The van der Waals surface area contributed by atoms with Gasteiger partial charge in [-0.1, -0.05) is 18.2 Å². The SMILES string of the molecule is C[C@H](c1ccc(F)cc1)N(C)C(=O)Nc1cccc(NC(=O)C2CC2)c1. The van der Waals surface area contributed by atoms with Gasteiger partial charge in [-0.05, 0) is 55.7 Å². The highest BCUT2D eigenvalue weighted by molar-refractivity contribution is 5.95. The van der Waals surface area contributed by atoms with Crippen molar-refractivity contribution in [2.45, 2.75) is 25.8 Å². The molecule has 3 amide bonds. The number of urea groups is 1. The molecule has 0 saturated heterocycles. The Morgan fingerprint density at radius 2 is 1.69 bits per heavy atom. The predicted octanol–water partition coefficient (Wildman–Crippen LogP) is 4.40. The highest BCUT2D eigenvalue weighted by Crippen LogP contribution is 2.30. The molecular formula is C20H22FN3O2. The normalized spacial score (nSPS) is 14.4. The number of hydrogen-bond acceptors (Lipinski definition) is 2. The van der Waals surface area contributed by atoms with Gasteiger partial charge in [0, 0.05) is 24.3 Å². The number of carbonyl (C=O) groups is 2. The molecule has 1 saturated carbocycles. The fourth-order valence-electron chi connectivity index (χ4n) is 2.62. The van der Waals surface area contributed by atoms with Crippen molar-refractivity contribution in [3.05, 3.63) is 59.9 Å². The maximum absolute atomic E-state index is 13.1. The molecule has 0 aromatic heterocycles. The smallest absolute Gasteiger partial charge is 0.322 e. The summed E-state index contributed by atoms with van der Waals surface area (Å²) in [5, 5.41) is 5.69. The van der Waals surface area contributed by atoms with Crippen LogP contribution in [-0.4, -0.2) is 23.9 Å². The first kappa shape index (κ1) is 17.9. The zero-order valence-electron chi connectivity index (χ0n) is 14.8. The fraction of sp³-hybridized carbons (Fsp3) is 0.300. The van der Waals surface area contributed by atoms with Crippen LogP contribution >= 0.6 is 0 Å². The van der Waals surface area contributed by atoms with Gasteiger partial charge in [0.05, 0.1) is 6.04 Å². The number of nitrogens with one attached hydrogen (secondary N) is 2. The Balaban J connectivity index is 1.63. The molecule has 2 aromatic rings. The van der Waals surface area contributed by atoms with E-state index in [1.54, 1.807) is 48.3 Å². The van der Waals surface area contributed by atoms with Gasteiger partial charge in [-0.25, -0.2) is 9.18 Å². The number of benzene rings is 2. The first-order valence-electron chi connectivity index (χ1n) is 8.64. The van der Waals surface area contributed by atoms with Crippen molar-refractivity contribution < 1.29 is 14.0 Å². The molecule has 1 fully saturated rings. The number of rotatable bonds is 5. The van der Waals surface area contributed by atoms with Crippen molar-refractivity contribution in [3.63, 3.8) is 0 Å². The van der Waals surface area contributed by atoms with Crippen LogP contribution < -0.4 is 10.6 Å². The highest BCUT2D eigenvalue weighted by Gasteiger charge is 2.29. The molecule has 26 heavy (non-hydrogen) atoms. The molecule has 3 rings (SSSR count). The number of amides is 3. The van der Waals surface area contributed by atoms with Crippen LogP contribution in [0.3, 0.4) is 0 Å². The van der Waals surface area contributed by atoms with E-state index in [1.807, 2.05) is 6.92 Å². The number of hydrogen-bond donors (Lipinski definition) is 2. The third kappa shape index (κ3) is 4.39. The van der Waals surface area contributed by atoms with E-state index in [0.717, 1.165) is 18.4 Å². The summed E-state index contributed by atoms with van der Waals surface area (Å²) in [6, 6.07) is 12.7. The Labute approximate surface area is 152 Å². The van der Waals surface area contributed by atoms with Crippen molar-refractivity contribution in [1.82, 2.24) is 4.90 Å². The zero-order chi connectivity index (χ0) is 18.7. The van der Waals surface area contributed by atoms with Crippen molar-refractivity contribution in [1.29, 1.82) is 0 Å². The van der Waals surface area contributed by atoms with Gasteiger partial charge in [0.2, 0.25) is 5.91 Å². The summed E-state index contributed by atoms with van der Waals surface area (Å²) < 4.78 is 13.1. The van der Waals surface area contributed by atoms with Crippen LogP contribution in [0.4, 0.5) is 20.6 Å². The van der Waals surface area contributed by atoms with E-state index >= 15 is 0 Å². The molecule has 0 aliphatic heterocycles. The minimum absolute atomic E-state index is 0.0236. The third-order valence-electron chi connectivity index (χ3n) is 4.58. The summed E-state index contributed by atoms with van der Waals surface area (Å²) in [6.45, 7) is 1.87. The van der Waals surface area contributed by atoms with E-state index in [4.69, 9.17) is 0 Å². The Kier molecular flexibility index (Phi) is 5.21. The summed E-state index contributed by atoms with van der Waals surface area (Å²) in [7, 11) is 1.68. The van der Waals surface area contributed by atoms with Gasteiger partial charge in [-0.3, -0.25) is 4.79 Å².